The number of carbonyl (C=O) groups is 2. The van der Waals surface area contributed by atoms with E-state index in [1.54, 1.807) is 18.5 Å². The second kappa shape index (κ2) is 4.21. The van der Waals surface area contributed by atoms with E-state index in [0.717, 1.165) is 5.56 Å². The van der Waals surface area contributed by atoms with E-state index in [0.29, 0.717) is 25.8 Å². The van der Waals surface area contributed by atoms with Crippen molar-refractivity contribution in [2.75, 3.05) is 0 Å². The van der Waals surface area contributed by atoms with Crippen molar-refractivity contribution in [1.29, 1.82) is 0 Å². The highest BCUT2D eigenvalue weighted by molar-refractivity contribution is 5.97. The summed E-state index contributed by atoms with van der Waals surface area (Å²) in [6.45, 7) is 0.353. The van der Waals surface area contributed by atoms with Gasteiger partial charge in [-0.25, -0.2) is 0 Å². The second-order valence-corrected chi connectivity index (χ2v) is 3.59. The van der Waals surface area contributed by atoms with Gasteiger partial charge in [-0.15, -0.1) is 0 Å². The van der Waals surface area contributed by atoms with Gasteiger partial charge in [0.25, 0.3) is 0 Å². The third-order valence-electron chi connectivity index (χ3n) is 2.45. The van der Waals surface area contributed by atoms with Gasteiger partial charge in [0.2, 0.25) is 11.8 Å². The van der Waals surface area contributed by atoms with E-state index in [-0.39, 0.29) is 11.8 Å². The molecule has 2 amide bonds. The molecule has 0 aromatic carbocycles. The van der Waals surface area contributed by atoms with Gasteiger partial charge in [0, 0.05) is 25.2 Å². The van der Waals surface area contributed by atoms with Crippen molar-refractivity contribution in [3.8, 4) is 0 Å². The normalized spacial score (nSPS) is 16.9. The van der Waals surface area contributed by atoms with Crippen molar-refractivity contribution in [3.05, 3.63) is 30.1 Å². The van der Waals surface area contributed by atoms with Crippen LogP contribution < -0.4 is 0 Å². The Morgan fingerprint density at radius 1 is 1.27 bits per heavy atom. The minimum Gasteiger partial charge on any atom is -0.278 e. The summed E-state index contributed by atoms with van der Waals surface area (Å²) in [6, 6.07) is 3.66. The fraction of sp³-hybridized carbons (Fsp3) is 0.364. The molecule has 0 atom stereocenters. The fourth-order valence-corrected chi connectivity index (χ4v) is 1.65. The molecule has 2 heterocycles. The Labute approximate surface area is 87.9 Å². The number of rotatable bonds is 2. The number of hydrogen-bond acceptors (Lipinski definition) is 3. The molecule has 0 unspecified atom stereocenters. The molecule has 0 aliphatic carbocycles. The number of nitrogens with zero attached hydrogens (tertiary/aromatic N) is 2. The van der Waals surface area contributed by atoms with Crippen LogP contribution in [0.5, 0.6) is 0 Å². The molecule has 1 fully saturated rings. The molecule has 2 rings (SSSR count). The zero-order valence-corrected chi connectivity index (χ0v) is 8.35. The quantitative estimate of drug-likeness (QED) is 0.678. The van der Waals surface area contributed by atoms with Crippen LogP contribution in [0.2, 0.25) is 0 Å². The minimum absolute atomic E-state index is 0.0740. The van der Waals surface area contributed by atoms with Crippen LogP contribution in [0.4, 0.5) is 0 Å². The summed E-state index contributed by atoms with van der Waals surface area (Å²) >= 11 is 0. The molecule has 1 aromatic heterocycles. The van der Waals surface area contributed by atoms with Gasteiger partial charge >= 0.3 is 0 Å². The van der Waals surface area contributed by atoms with Crippen LogP contribution in [-0.2, 0) is 16.1 Å². The van der Waals surface area contributed by atoms with Crippen LogP contribution in [0.25, 0.3) is 0 Å². The topological polar surface area (TPSA) is 50.3 Å². The Morgan fingerprint density at radius 2 is 2.00 bits per heavy atom. The number of likely N-dealkylation sites (tertiary alicyclic amines) is 1. The molecular formula is C11H12N2O2. The number of aromatic nitrogens is 1. The zero-order valence-electron chi connectivity index (χ0n) is 8.35. The minimum atomic E-state index is -0.0740. The molecule has 1 saturated heterocycles. The SMILES string of the molecule is O=C1CCCC(=O)N1Cc1cccnc1. The summed E-state index contributed by atoms with van der Waals surface area (Å²) in [7, 11) is 0. The van der Waals surface area contributed by atoms with Gasteiger partial charge in [-0.05, 0) is 18.1 Å². The standard InChI is InChI=1S/C11H12N2O2/c14-10-4-1-5-11(15)13(10)8-9-3-2-6-12-7-9/h2-3,6-7H,1,4-5,8H2. The molecule has 0 saturated carbocycles. The number of imide groups is 1. The van der Waals surface area contributed by atoms with Crippen molar-refractivity contribution in [1.82, 2.24) is 9.88 Å². The lowest BCUT2D eigenvalue weighted by atomic mass is 10.1. The van der Waals surface area contributed by atoms with E-state index >= 15 is 0 Å². The van der Waals surface area contributed by atoms with E-state index in [1.807, 2.05) is 6.07 Å². The van der Waals surface area contributed by atoms with E-state index in [4.69, 9.17) is 0 Å². The van der Waals surface area contributed by atoms with Gasteiger partial charge in [0.05, 0.1) is 6.54 Å². The molecule has 1 aliphatic rings. The lowest BCUT2D eigenvalue weighted by Gasteiger charge is -2.24. The highest BCUT2D eigenvalue weighted by atomic mass is 16.2. The van der Waals surface area contributed by atoms with E-state index < -0.39 is 0 Å². The maximum Gasteiger partial charge on any atom is 0.229 e. The molecular weight excluding hydrogens is 192 g/mol. The molecule has 15 heavy (non-hydrogen) atoms. The molecule has 4 nitrogen and oxygen atoms in total. The molecule has 0 spiro atoms. The van der Waals surface area contributed by atoms with Crippen LogP contribution in [0, 0.1) is 0 Å². The van der Waals surface area contributed by atoms with E-state index in [2.05, 4.69) is 4.98 Å². The van der Waals surface area contributed by atoms with E-state index in [9.17, 15) is 9.59 Å². The Bertz CT molecular complexity index is 359. The van der Waals surface area contributed by atoms with Crippen LogP contribution in [-0.4, -0.2) is 21.7 Å². The summed E-state index contributed by atoms with van der Waals surface area (Å²) in [5.41, 5.74) is 0.890. The first kappa shape index (κ1) is 9.83. The number of pyridine rings is 1. The average molecular weight is 204 g/mol. The lowest BCUT2D eigenvalue weighted by Crippen LogP contribution is -2.39. The fourth-order valence-electron chi connectivity index (χ4n) is 1.65. The predicted octanol–water partition coefficient (Wildman–Crippen LogP) is 1.12. The summed E-state index contributed by atoms with van der Waals surface area (Å²) < 4.78 is 0. The Morgan fingerprint density at radius 3 is 2.60 bits per heavy atom. The molecule has 1 aromatic rings. The Balaban J connectivity index is 2.10. The third kappa shape index (κ3) is 2.21. The molecule has 4 heteroatoms. The van der Waals surface area contributed by atoms with Crippen LogP contribution in [0.3, 0.4) is 0 Å². The maximum absolute atomic E-state index is 11.5. The lowest BCUT2D eigenvalue weighted by molar-refractivity contribution is -0.148. The maximum atomic E-state index is 11.5. The van der Waals surface area contributed by atoms with Gasteiger partial charge in [0.15, 0.2) is 0 Å². The van der Waals surface area contributed by atoms with Crippen molar-refractivity contribution in [2.24, 2.45) is 0 Å². The Kier molecular flexibility index (Phi) is 2.76. The largest absolute Gasteiger partial charge is 0.278 e. The van der Waals surface area contributed by atoms with Crippen LogP contribution in [0.1, 0.15) is 24.8 Å². The van der Waals surface area contributed by atoms with Crippen molar-refractivity contribution in [2.45, 2.75) is 25.8 Å². The summed E-state index contributed by atoms with van der Waals surface area (Å²) in [5.74, 6) is -0.148. The molecule has 0 radical (unpaired) electrons. The highest BCUT2D eigenvalue weighted by Gasteiger charge is 2.25. The summed E-state index contributed by atoms with van der Waals surface area (Å²) in [4.78, 5) is 28.3. The predicted molar refractivity (Wildman–Crippen MR) is 53.6 cm³/mol. The molecule has 0 bridgehead atoms. The van der Waals surface area contributed by atoms with Gasteiger partial charge in [-0.1, -0.05) is 6.07 Å². The van der Waals surface area contributed by atoms with Crippen molar-refractivity contribution >= 4 is 11.8 Å². The zero-order chi connectivity index (χ0) is 10.7. The monoisotopic (exact) mass is 204 g/mol. The molecule has 78 valence electrons. The first-order valence-electron chi connectivity index (χ1n) is 4.99. The van der Waals surface area contributed by atoms with Crippen LogP contribution >= 0.6 is 0 Å². The number of hydrogen-bond donors (Lipinski definition) is 0. The van der Waals surface area contributed by atoms with Gasteiger partial charge in [-0.2, -0.15) is 0 Å². The Hall–Kier alpha value is -1.71. The number of carbonyl (C=O) groups excluding carboxylic acids is 2. The van der Waals surface area contributed by atoms with Crippen LogP contribution in [0.15, 0.2) is 24.5 Å². The smallest absolute Gasteiger partial charge is 0.229 e. The highest BCUT2D eigenvalue weighted by Crippen LogP contribution is 2.14. The molecule has 0 N–H and O–H groups in total. The van der Waals surface area contributed by atoms with Crippen molar-refractivity contribution in [3.63, 3.8) is 0 Å². The number of piperidine rings is 1. The number of amides is 2. The first-order valence-corrected chi connectivity index (χ1v) is 4.99. The second-order valence-electron chi connectivity index (χ2n) is 3.59. The third-order valence-corrected chi connectivity index (χ3v) is 2.45. The van der Waals surface area contributed by atoms with Gasteiger partial charge in [0.1, 0.15) is 0 Å². The van der Waals surface area contributed by atoms with Gasteiger partial charge in [-0.3, -0.25) is 19.5 Å². The summed E-state index contributed by atoms with van der Waals surface area (Å²) in [5, 5.41) is 0. The van der Waals surface area contributed by atoms with Crippen molar-refractivity contribution < 1.29 is 9.59 Å². The molecule has 1 aliphatic heterocycles. The summed E-state index contributed by atoms with van der Waals surface area (Å²) in [6.07, 6.45) is 4.98. The first-order chi connectivity index (χ1) is 7.27. The van der Waals surface area contributed by atoms with E-state index in [1.165, 1.54) is 4.90 Å². The van der Waals surface area contributed by atoms with Gasteiger partial charge < -0.3 is 0 Å². The average Bonchev–Trinajstić information content (AvgIpc) is 2.25.